The van der Waals surface area contributed by atoms with E-state index in [0.29, 0.717) is 16.8 Å². The van der Waals surface area contributed by atoms with E-state index in [9.17, 15) is 8.78 Å². The van der Waals surface area contributed by atoms with Crippen molar-refractivity contribution in [3.8, 4) is 11.4 Å². The highest BCUT2D eigenvalue weighted by Gasteiger charge is 2.19. The van der Waals surface area contributed by atoms with Crippen molar-refractivity contribution in [1.82, 2.24) is 4.57 Å². The van der Waals surface area contributed by atoms with Gasteiger partial charge in [0, 0.05) is 16.8 Å². The normalized spacial score (nSPS) is 11.4. The minimum absolute atomic E-state index is 0.178. The van der Waals surface area contributed by atoms with Gasteiger partial charge in [-0.15, -0.1) is 0 Å². The van der Waals surface area contributed by atoms with Gasteiger partial charge in [0.05, 0.1) is 12.6 Å². The lowest BCUT2D eigenvalue weighted by Crippen LogP contribution is -2.03. The van der Waals surface area contributed by atoms with E-state index in [1.54, 1.807) is 32.2 Å². The first-order valence-electron chi connectivity index (χ1n) is 7.58. The fraction of sp³-hybridized carbons (Fsp3) is 0.263. The van der Waals surface area contributed by atoms with E-state index in [1.165, 1.54) is 12.1 Å². The summed E-state index contributed by atoms with van der Waals surface area (Å²) in [5.74, 6) is 0.210. The van der Waals surface area contributed by atoms with Gasteiger partial charge >= 0.3 is 0 Å². The molecule has 0 saturated heterocycles. The minimum atomic E-state index is -0.324. The largest absolute Gasteiger partial charge is 0.496 e. The molecule has 0 aliphatic rings. The van der Waals surface area contributed by atoms with Crippen LogP contribution in [0.5, 0.6) is 5.75 Å². The summed E-state index contributed by atoms with van der Waals surface area (Å²) >= 11 is 0. The standard InChI is InChI=1S/C19H19F2NO/c1-11(2)17-10-14-18(23-4)8-7-16(21)19(14)22(17)13-5-6-15(20)12(3)9-13/h5-11H,1-4H3. The molecule has 0 fully saturated rings. The van der Waals surface area contributed by atoms with Gasteiger partial charge in [0.1, 0.15) is 17.4 Å². The summed E-state index contributed by atoms with van der Waals surface area (Å²) in [5, 5.41) is 0.721. The van der Waals surface area contributed by atoms with Gasteiger partial charge in [-0.25, -0.2) is 8.78 Å². The Hall–Kier alpha value is -2.36. The van der Waals surface area contributed by atoms with Crippen LogP contribution in [-0.4, -0.2) is 11.7 Å². The quantitative estimate of drug-likeness (QED) is 0.635. The van der Waals surface area contributed by atoms with E-state index in [4.69, 9.17) is 4.74 Å². The molecule has 0 unspecified atom stereocenters. The van der Waals surface area contributed by atoms with Crippen LogP contribution >= 0.6 is 0 Å². The maximum atomic E-state index is 14.6. The molecule has 3 rings (SSSR count). The van der Waals surface area contributed by atoms with E-state index in [1.807, 2.05) is 24.5 Å². The number of fused-ring (bicyclic) bond motifs is 1. The Bertz CT molecular complexity index is 881. The Morgan fingerprint density at radius 1 is 1.00 bits per heavy atom. The summed E-state index contributed by atoms with van der Waals surface area (Å²) in [5.41, 5.74) is 2.69. The monoisotopic (exact) mass is 315 g/mol. The van der Waals surface area contributed by atoms with Crippen molar-refractivity contribution in [2.75, 3.05) is 7.11 Å². The van der Waals surface area contributed by atoms with Crippen LogP contribution in [0.4, 0.5) is 8.78 Å². The third-order valence-corrected chi connectivity index (χ3v) is 4.11. The molecule has 120 valence electrons. The number of hydrogen-bond donors (Lipinski definition) is 0. The highest BCUT2D eigenvalue weighted by atomic mass is 19.1. The van der Waals surface area contributed by atoms with E-state index < -0.39 is 0 Å². The fourth-order valence-corrected chi connectivity index (χ4v) is 2.92. The molecule has 0 atom stereocenters. The molecule has 2 nitrogen and oxygen atoms in total. The molecule has 0 N–H and O–H groups in total. The SMILES string of the molecule is COc1ccc(F)c2c1cc(C(C)C)n2-c1ccc(F)c(C)c1. The molecule has 3 aromatic rings. The third kappa shape index (κ3) is 2.48. The third-order valence-electron chi connectivity index (χ3n) is 4.11. The second-order valence-electron chi connectivity index (χ2n) is 6.00. The number of benzene rings is 2. The number of rotatable bonds is 3. The van der Waals surface area contributed by atoms with Crippen LogP contribution in [0.3, 0.4) is 0 Å². The molecule has 0 radical (unpaired) electrons. The zero-order valence-electron chi connectivity index (χ0n) is 13.7. The van der Waals surface area contributed by atoms with Gasteiger partial charge in [-0.3, -0.25) is 0 Å². The maximum absolute atomic E-state index is 14.6. The summed E-state index contributed by atoms with van der Waals surface area (Å²) in [7, 11) is 1.57. The molecule has 2 aromatic carbocycles. The topological polar surface area (TPSA) is 14.2 Å². The van der Waals surface area contributed by atoms with Crippen LogP contribution in [0.2, 0.25) is 0 Å². The van der Waals surface area contributed by atoms with Crippen molar-refractivity contribution in [2.45, 2.75) is 26.7 Å². The number of hydrogen-bond acceptors (Lipinski definition) is 1. The van der Waals surface area contributed by atoms with Gasteiger partial charge < -0.3 is 9.30 Å². The van der Waals surface area contributed by atoms with Gasteiger partial charge in [-0.2, -0.15) is 0 Å². The maximum Gasteiger partial charge on any atom is 0.148 e. The van der Waals surface area contributed by atoms with Gasteiger partial charge in [0.2, 0.25) is 0 Å². The lowest BCUT2D eigenvalue weighted by Gasteiger charge is -2.14. The number of ether oxygens (including phenoxy) is 1. The first-order valence-corrected chi connectivity index (χ1v) is 7.58. The average molecular weight is 315 g/mol. The molecule has 0 saturated carbocycles. The van der Waals surface area contributed by atoms with E-state index in [-0.39, 0.29) is 17.6 Å². The molecule has 0 aliphatic heterocycles. The predicted octanol–water partition coefficient (Wildman–Crippen LogP) is 5.35. The molecule has 0 amide bonds. The minimum Gasteiger partial charge on any atom is -0.496 e. The van der Waals surface area contributed by atoms with Crippen molar-refractivity contribution in [1.29, 1.82) is 0 Å². The lowest BCUT2D eigenvalue weighted by molar-refractivity contribution is 0.419. The fourth-order valence-electron chi connectivity index (χ4n) is 2.92. The van der Waals surface area contributed by atoms with Crippen molar-refractivity contribution in [2.24, 2.45) is 0 Å². The van der Waals surface area contributed by atoms with Crippen LogP contribution in [-0.2, 0) is 0 Å². The van der Waals surface area contributed by atoms with Crippen molar-refractivity contribution >= 4 is 10.9 Å². The summed E-state index contributed by atoms with van der Waals surface area (Å²) in [4.78, 5) is 0. The number of aryl methyl sites for hydroxylation is 1. The molecule has 4 heteroatoms. The molecular weight excluding hydrogens is 296 g/mol. The van der Waals surface area contributed by atoms with Crippen LogP contribution in [0, 0.1) is 18.6 Å². The number of methoxy groups -OCH3 is 1. The summed E-state index contributed by atoms with van der Waals surface area (Å²) < 4.78 is 35.4. The van der Waals surface area contributed by atoms with Gasteiger partial charge in [-0.1, -0.05) is 13.8 Å². The van der Waals surface area contributed by atoms with Gasteiger partial charge in [0.15, 0.2) is 0 Å². The Labute approximate surface area is 134 Å². The van der Waals surface area contributed by atoms with Gasteiger partial charge in [0.25, 0.3) is 0 Å². The molecular formula is C19H19F2NO. The number of aromatic nitrogens is 1. The van der Waals surface area contributed by atoms with Crippen molar-refractivity contribution in [3.63, 3.8) is 0 Å². The molecule has 23 heavy (non-hydrogen) atoms. The molecule has 1 aromatic heterocycles. The Balaban J connectivity index is 2.42. The van der Waals surface area contributed by atoms with Crippen LogP contribution in [0.15, 0.2) is 36.4 Å². The Morgan fingerprint density at radius 2 is 1.70 bits per heavy atom. The summed E-state index contributed by atoms with van der Waals surface area (Å²) in [6.45, 7) is 5.80. The smallest absolute Gasteiger partial charge is 0.148 e. The summed E-state index contributed by atoms with van der Waals surface area (Å²) in [6, 6.07) is 9.80. The highest BCUT2D eigenvalue weighted by molar-refractivity contribution is 5.89. The van der Waals surface area contributed by atoms with Crippen molar-refractivity contribution < 1.29 is 13.5 Å². The first kappa shape index (κ1) is 15.5. The second kappa shape index (κ2) is 5.69. The number of nitrogens with zero attached hydrogens (tertiary/aromatic N) is 1. The van der Waals surface area contributed by atoms with E-state index >= 15 is 0 Å². The molecule has 0 aliphatic carbocycles. The van der Waals surface area contributed by atoms with Crippen LogP contribution in [0.25, 0.3) is 16.6 Å². The lowest BCUT2D eigenvalue weighted by atomic mass is 10.1. The van der Waals surface area contributed by atoms with Crippen molar-refractivity contribution in [3.05, 3.63) is 59.3 Å². The number of halogens is 2. The first-order chi connectivity index (χ1) is 10.9. The molecule has 0 spiro atoms. The Kier molecular flexibility index (Phi) is 3.84. The zero-order chi connectivity index (χ0) is 16.7. The van der Waals surface area contributed by atoms with Crippen LogP contribution in [0.1, 0.15) is 31.0 Å². The highest BCUT2D eigenvalue weighted by Crippen LogP contribution is 2.36. The Morgan fingerprint density at radius 3 is 2.30 bits per heavy atom. The van der Waals surface area contributed by atoms with E-state index in [0.717, 1.165) is 16.8 Å². The molecule has 1 heterocycles. The second-order valence-corrected chi connectivity index (χ2v) is 6.00. The average Bonchev–Trinajstić information content (AvgIpc) is 2.92. The zero-order valence-corrected chi connectivity index (χ0v) is 13.7. The van der Waals surface area contributed by atoms with Crippen LogP contribution < -0.4 is 4.74 Å². The van der Waals surface area contributed by atoms with Gasteiger partial charge in [-0.05, 0) is 54.8 Å². The molecule has 0 bridgehead atoms. The van der Waals surface area contributed by atoms with E-state index in [2.05, 4.69) is 0 Å². The summed E-state index contributed by atoms with van der Waals surface area (Å²) in [6.07, 6.45) is 0. The predicted molar refractivity (Wildman–Crippen MR) is 88.6 cm³/mol.